The number of carboxylic acids is 1. The Balaban J connectivity index is 1.39. The van der Waals surface area contributed by atoms with Gasteiger partial charge in [-0.2, -0.15) is 22.0 Å². The molecule has 2 aromatic carbocycles. The summed E-state index contributed by atoms with van der Waals surface area (Å²) in [5.74, 6) is -5.28. The number of phenolic OH excluding ortho intramolecular Hbond substituents is 2. The lowest BCUT2D eigenvalue weighted by Gasteiger charge is -2.43. The number of halogens is 5. The first-order valence-electron chi connectivity index (χ1n) is 15.2. The van der Waals surface area contributed by atoms with E-state index in [0.29, 0.717) is 25.2 Å². The minimum Gasteiger partial charge on any atom is -0.508 e. The van der Waals surface area contributed by atoms with E-state index in [4.69, 9.17) is 4.74 Å². The lowest BCUT2D eigenvalue weighted by molar-refractivity contribution is -0.284. The number of unbranched alkanes of at least 4 members (excludes halogenated alkanes) is 7. The number of benzene rings is 2. The average molecular weight is 615 g/mol. The molecule has 10 heteroatoms. The van der Waals surface area contributed by atoms with Crippen LogP contribution in [0.5, 0.6) is 17.2 Å². The predicted octanol–water partition coefficient (Wildman–Crippen LogP) is 9.50. The molecular weight excluding hydrogens is 571 g/mol. The fourth-order valence-corrected chi connectivity index (χ4v) is 6.10. The van der Waals surface area contributed by atoms with Gasteiger partial charge in [-0.15, -0.1) is 0 Å². The molecule has 0 radical (unpaired) electrons. The van der Waals surface area contributed by atoms with Gasteiger partial charge in [0.1, 0.15) is 17.2 Å². The van der Waals surface area contributed by atoms with Gasteiger partial charge in [-0.25, -0.2) is 0 Å². The number of aromatic hydroxyl groups is 2. The van der Waals surface area contributed by atoms with Crippen LogP contribution in [0.3, 0.4) is 0 Å². The summed E-state index contributed by atoms with van der Waals surface area (Å²) in [4.78, 5) is 11.5. The second-order valence-electron chi connectivity index (χ2n) is 12.1. The van der Waals surface area contributed by atoms with Crippen LogP contribution in [0.25, 0.3) is 0 Å². The summed E-state index contributed by atoms with van der Waals surface area (Å²) in [6.07, 6.45) is 0.665. The highest BCUT2D eigenvalue weighted by Crippen LogP contribution is 2.50. The maximum absolute atomic E-state index is 13.0. The molecule has 3 N–H and O–H groups in total. The summed E-state index contributed by atoms with van der Waals surface area (Å²) >= 11 is 0. The Morgan fingerprint density at radius 3 is 2.02 bits per heavy atom. The third-order valence-electron chi connectivity index (χ3n) is 8.80. The number of hydrogen-bond donors (Lipinski definition) is 3. The van der Waals surface area contributed by atoms with Crippen molar-refractivity contribution in [2.24, 2.45) is 5.92 Å². The van der Waals surface area contributed by atoms with Crippen LogP contribution in [0, 0.1) is 5.92 Å². The maximum atomic E-state index is 13.0. The molecule has 0 spiro atoms. The van der Waals surface area contributed by atoms with Crippen molar-refractivity contribution in [3.8, 4) is 17.2 Å². The molecular formula is C33H43F5O5. The van der Waals surface area contributed by atoms with E-state index in [1.165, 1.54) is 0 Å². The highest BCUT2D eigenvalue weighted by molar-refractivity contribution is 5.69. The van der Waals surface area contributed by atoms with Crippen molar-refractivity contribution in [1.29, 1.82) is 0 Å². The zero-order valence-corrected chi connectivity index (χ0v) is 24.6. The van der Waals surface area contributed by atoms with Gasteiger partial charge < -0.3 is 20.1 Å². The Hall–Kier alpha value is -3.04. The van der Waals surface area contributed by atoms with Crippen molar-refractivity contribution in [2.75, 3.05) is 6.61 Å². The van der Waals surface area contributed by atoms with Gasteiger partial charge >= 0.3 is 18.1 Å². The summed E-state index contributed by atoms with van der Waals surface area (Å²) in [6, 6.07) is 12.5. The Bertz CT molecular complexity index is 1170. The standard InChI is InChI=1S/C33H43F5O5/c1-31(24-14-16-25(39)17-15-24)22-43-29-21-26(40)18-19-27(29)28(31)13-8-6-4-2-3-5-7-11-23(30(41)42)12-9-10-20-32(34,35)33(36,37)38/h14-19,21,23,28,39-40H,2-13,20,22H2,1H3,(H,41,42). The fraction of sp³-hybridized carbons (Fsp3) is 0.606. The van der Waals surface area contributed by atoms with Gasteiger partial charge in [-0.05, 0) is 55.0 Å². The molecule has 0 bridgehead atoms. The number of carboxylic acid groups (broad SMARTS) is 1. The second kappa shape index (κ2) is 15.1. The number of fused-ring (bicyclic) bond motifs is 1. The zero-order chi connectivity index (χ0) is 31.7. The van der Waals surface area contributed by atoms with Gasteiger partial charge in [0.05, 0.1) is 12.5 Å². The Morgan fingerprint density at radius 1 is 0.860 bits per heavy atom. The van der Waals surface area contributed by atoms with Crippen LogP contribution in [0.15, 0.2) is 42.5 Å². The largest absolute Gasteiger partial charge is 0.508 e. The van der Waals surface area contributed by atoms with Gasteiger partial charge in [0.15, 0.2) is 0 Å². The molecule has 3 unspecified atom stereocenters. The number of aliphatic carboxylic acids is 1. The molecule has 0 aromatic heterocycles. The highest BCUT2D eigenvalue weighted by atomic mass is 19.4. The fourth-order valence-electron chi connectivity index (χ4n) is 6.10. The molecule has 0 saturated heterocycles. The quantitative estimate of drug-likeness (QED) is 0.122. The topological polar surface area (TPSA) is 87.0 Å². The number of alkyl halides is 5. The van der Waals surface area contributed by atoms with Crippen LogP contribution < -0.4 is 4.74 Å². The molecule has 0 amide bonds. The third-order valence-corrected chi connectivity index (χ3v) is 8.80. The smallest absolute Gasteiger partial charge is 0.453 e. The minimum atomic E-state index is -5.57. The summed E-state index contributed by atoms with van der Waals surface area (Å²) in [7, 11) is 0. The van der Waals surface area contributed by atoms with Gasteiger partial charge in [0, 0.05) is 23.8 Å². The van der Waals surface area contributed by atoms with Crippen molar-refractivity contribution >= 4 is 5.97 Å². The van der Waals surface area contributed by atoms with E-state index in [-0.39, 0.29) is 42.1 Å². The normalized spacial score (nSPS) is 19.4. The Labute approximate surface area is 250 Å². The lowest BCUT2D eigenvalue weighted by Crippen LogP contribution is -2.40. The molecule has 1 aliphatic rings. The van der Waals surface area contributed by atoms with Gasteiger partial charge in [0.25, 0.3) is 0 Å². The van der Waals surface area contributed by atoms with Crippen LogP contribution in [-0.4, -0.2) is 40.0 Å². The van der Waals surface area contributed by atoms with E-state index in [2.05, 4.69) is 6.92 Å². The van der Waals surface area contributed by atoms with Crippen molar-refractivity contribution < 1.29 is 46.8 Å². The first-order valence-corrected chi connectivity index (χ1v) is 15.2. The molecule has 0 saturated carbocycles. The van der Waals surface area contributed by atoms with Gasteiger partial charge in [-0.1, -0.05) is 76.5 Å². The highest BCUT2D eigenvalue weighted by Gasteiger charge is 2.56. The predicted molar refractivity (Wildman–Crippen MR) is 154 cm³/mol. The number of carbonyl (C=O) groups is 1. The van der Waals surface area contributed by atoms with Crippen LogP contribution in [0.4, 0.5) is 22.0 Å². The van der Waals surface area contributed by atoms with E-state index < -0.39 is 30.4 Å². The average Bonchev–Trinajstić information content (AvgIpc) is 2.93. The van der Waals surface area contributed by atoms with Crippen LogP contribution in [0.1, 0.15) is 107 Å². The Kier molecular flexibility index (Phi) is 12.1. The maximum Gasteiger partial charge on any atom is 0.453 e. The summed E-state index contributed by atoms with van der Waals surface area (Å²) < 4.78 is 69.0. The van der Waals surface area contributed by atoms with Crippen LogP contribution >= 0.6 is 0 Å². The van der Waals surface area contributed by atoms with Crippen LogP contribution in [0.2, 0.25) is 0 Å². The molecule has 0 aliphatic carbocycles. The first kappa shape index (κ1) is 34.5. The lowest BCUT2D eigenvalue weighted by atomic mass is 9.66. The SMILES string of the molecule is CC1(c2ccc(O)cc2)COc2cc(O)ccc2C1CCCCCCCCCC(CCCCC(F)(F)C(F)(F)F)C(=O)O. The number of ether oxygens (including phenoxy) is 1. The number of phenols is 2. The van der Waals surface area contributed by atoms with E-state index in [9.17, 15) is 42.1 Å². The zero-order valence-electron chi connectivity index (χ0n) is 24.6. The molecule has 2 aromatic rings. The molecule has 1 heterocycles. The van der Waals surface area contributed by atoms with E-state index >= 15 is 0 Å². The Morgan fingerprint density at radius 2 is 1.42 bits per heavy atom. The van der Waals surface area contributed by atoms with Crippen molar-refractivity contribution in [2.45, 2.75) is 114 Å². The molecule has 1 aliphatic heterocycles. The van der Waals surface area contributed by atoms with Crippen LogP contribution in [-0.2, 0) is 10.2 Å². The van der Waals surface area contributed by atoms with E-state index in [0.717, 1.165) is 56.1 Å². The minimum absolute atomic E-state index is 0.0210. The van der Waals surface area contributed by atoms with E-state index in [1.807, 2.05) is 18.2 Å². The molecule has 0 fully saturated rings. The van der Waals surface area contributed by atoms with E-state index in [1.54, 1.807) is 24.3 Å². The summed E-state index contributed by atoms with van der Waals surface area (Å²) in [6.45, 7) is 2.62. The monoisotopic (exact) mass is 614 g/mol. The molecule has 3 rings (SSSR count). The molecule has 5 nitrogen and oxygen atoms in total. The van der Waals surface area contributed by atoms with Crippen molar-refractivity contribution in [3.05, 3.63) is 53.6 Å². The van der Waals surface area contributed by atoms with Crippen molar-refractivity contribution in [1.82, 2.24) is 0 Å². The van der Waals surface area contributed by atoms with Gasteiger partial charge in [-0.3, -0.25) is 4.79 Å². The third kappa shape index (κ3) is 9.47. The van der Waals surface area contributed by atoms with Gasteiger partial charge in [0.2, 0.25) is 0 Å². The molecule has 43 heavy (non-hydrogen) atoms. The molecule has 3 atom stereocenters. The number of hydrogen-bond acceptors (Lipinski definition) is 4. The number of rotatable bonds is 17. The second-order valence-corrected chi connectivity index (χ2v) is 12.1. The van der Waals surface area contributed by atoms with Crippen molar-refractivity contribution in [3.63, 3.8) is 0 Å². The molecule has 240 valence electrons. The summed E-state index contributed by atoms with van der Waals surface area (Å²) in [5, 5.41) is 29.1. The first-order chi connectivity index (χ1) is 20.2. The summed E-state index contributed by atoms with van der Waals surface area (Å²) in [5.41, 5.74) is 1.83.